The Balaban J connectivity index is 1.17. The van der Waals surface area contributed by atoms with E-state index >= 15 is 0 Å². The average molecular weight is 455 g/mol. The molecule has 5 rings (SSSR count). The normalized spacial score (nSPS) is 19.8. The van der Waals surface area contributed by atoms with E-state index in [-0.39, 0.29) is 11.8 Å². The number of amides is 1. The fourth-order valence-corrected chi connectivity index (χ4v) is 6.57. The van der Waals surface area contributed by atoms with Gasteiger partial charge in [-0.15, -0.1) is 0 Å². The van der Waals surface area contributed by atoms with Crippen molar-refractivity contribution < 1.29 is 13.2 Å². The number of sulfonamides is 1. The Kier molecular flexibility index (Phi) is 5.90. The molecule has 2 aliphatic heterocycles. The molecule has 3 aliphatic rings. The van der Waals surface area contributed by atoms with Gasteiger partial charge in [0.25, 0.3) is 0 Å². The summed E-state index contributed by atoms with van der Waals surface area (Å²) in [6, 6.07) is 9.38. The van der Waals surface area contributed by atoms with Crippen LogP contribution in [0.1, 0.15) is 43.2 Å². The summed E-state index contributed by atoms with van der Waals surface area (Å²) in [6.07, 6.45) is 8.23. The zero-order valence-corrected chi connectivity index (χ0v) is 19.1. The number of aromatic nitrogens is 1. The van der Waals surface area contributed by atoms with Gasteiger partial charge in [-0.2, -0.15) is 4.31 Å². The number of piperidine rings is 1. The number of carbonyl (C=O) groups is 1. The molecule has 2 saturated heterocycles. The number of hydrogen-bond acceptors (Lipinski definition) is 5. The summed E-state index contributed by atoms with van der Waals surface area (Å²) in [5, 5.41) is 2.96. The number of anilines is 2. The van der Waals surface area contributed by atoms with E-state index in [1.165, 1.54) is 22.7 Å². The van der Waals surface area contributed by atoms with E-state index in [0.717, 1.165) is 43.7 Å². The molecule has 0 saturated carbocycles. The lowest BCUT2D eigenvalue weighted by Gasteiger charge is -2.30. The molecular formula is C24H30N4O3S. The van der Waals surface area contributed by atoms with Gasteiger partial charge in [0.2, 0.25) is 15.9 Å². The third kappa shape index (κ3) is 4.26. The summed E-state index contributed by atoms with van der Waals surface area (Å²) in [7, 11) is -3.52. The van der Waals surface area contributed by atoms with Gasteiger partial charge in [-0.25, -0.2) is 13.4 Å². The molecule has 1 aliphatic carbocycles. The highest BCUT2D eigenvalue weighted by atomic mass is 32.2. The van der Waals surface area contributed by atoms with E-state index < -0.39 is 10.0 Å². The van der Waals surface area contributed by atoms with Crippen LogP contribution in [0.25, 0.3) is 0 Å². The van der Waals surface area contributed by atoms with E-state index in [2.05, 4.69) is 15.2 Å². The highest BCUT2D eigenvalue weighted by Crippen LogP contribution is 2.29. The van der Waals surface area contributed by atoms with Crippen LogP contribution in [0.5, 0.6) is 0 Å². The molecule has 2 fully saturated rings. The molecule has 1 N–H and O–H groups in total. The number of fused-ring (bicyclic) bond motifs is 1. The SMILES string of the molecule is O=C(Nc1ccc(N2CCCC2)nc1)C1CCN(S(=O)(=O)c2ccc3c(c2)CCC3)CC1. The topological polar surface area (TPSA) is 82.6 Å². The minimum absolute atomic E-state index is 0.0599. The quantitative estimate of drug-likeness (QED) is 0.750. The highest BCUT2D eigenvalue weighted by Gasteiger charge is 2.32. The number of nitrogens with one attached hydrogen (secondary N) is 1. The fraction of sp³-hybridized carbons (Fsp3) is 0.500. The van der Waals surface area contributed by atoms with E-state index in [1.54, 1.807) is 12.3 Å². The molecule has 0 atom stereocenters. The van der Waals surface area contributed by atoms with Crippen molar-refractivity contribution in [1.29, 1.82) is 0 Å². The van der Waals surface area contributed by atoms with Gasteiger partial charge in [0.15, 0.2) is 0 Å². The van der Waals surface area contributed by atoms with Crippen molar-refractivity contribution in [2.75, 3.05) is 36.4 Å². The fourth-order valence-electron chi connectivity index (χ4n) is 5.05. The first kappa shape index (κ1) is 21.4. The monoisotopic (exact) mass is 454 g/mol. The second-order valence-electron chi connectivity index (χ2n) is 9.05. The maximum atomic E-state index is 13.1. The molecule has 0 spiro atoms. The van der Waals surface area contributed by atoms with Crippen LogP contribution in [0.3, 0.4) is 0 Å². The van der Waals surface area contributed by atoms with Crippen LogP contribution in [0, 0.1) is 5.92 Å². The Morgan fingerprint density at radius 2 is 1.69 bits per heavy atom. The average Bonchev–Trinajstić information content (AvgIpc) is 3.51. The second-order valence-corrected chi connectivity index (χ2v) is 11.0. The van der Waals surface area contributed by atoms with Gasteiger partial charge in [0, 0.05) is 32.1 Å². The van der Waals surface area contributed by atoms with Gasteiger partial charge >= 0.3 is 0 Å². The Bertz CT molecular complexity index is 1090. The predicted molar refractivity (Wildman–Crippen MR) is 124 cm³/mol. The molecule has 0 unspecified atom stereocenters. The number of pyridine rings is 1. The molecule has 32 heavy (non-hydrogen) atoms. The third-order valence-corrected chi connectivity index (χ3v) is 8.87. The van der Waals surface area contributed by atoms with Crippen molar-refractivity contribution in [1.82, 2.24) is 9.29 Å². The standard InChI is InChI=1S/C24H30N4O3S/c29-24(26-21-7-9-23(25-17-21)27-12-1-2-13-27)19-10-14-28(15-11-19)32(30,31)22-8-6-18-4-3-5-20(18)16-22/h6-9,16-17,19H,1-5,10-15H2,(H,26,29). The molecule has 0 bridgehead atoms. The van der Waals surface area contributed by atoms with E-state index in [4.69, 9.17) is 0 Å². The van der Waals surface area contributed by atoms with Crippen LogP contribution in [0.15, 0.2) is 41.4 Å². The second kappa shape index (κ2) is 8.83. The first-order valence-electron chi connectivity index (χ1n) is 11.6. The first-order valence-corrected chi connectivity index (χ1v) is 13.1. The largest absolute Gasteiger partial charge is 0.357 e. The molecule has 8 heteroatoms. The zero-order chi connectivity index (χ0) is 22.1. The van der Waals surface area contributed by atoms with Crippen molar-refractivity contribution >= 4 is 27.4 Å². The number of nitrogens with zero attached hydrogens (tertiary/aromatic N) is 3. The first-order chi connectivity index (χ1) is 15.5. The molecule has 0 radical (unpaired) electrons. The van der Waals surface area contributed by atoms with Crippen LogP contribution >= 0.6 is 0 Å². The number of aryl methyl sites for hydroxylation is 2. The van der Waals surface area contributed by atoms with Crippen LogP contribution < -0.4 is 10.2 Å². The predicted octanol–water partition coefficient (Wildman–Crippen LogP) is 3.21. The number of hydrogen-bond donors (Lipinski definition) is 1. The summed E-state index contributed by atoms with van der Waals surface area (Å²) in [5.74, 6) is 0.695. The minimum atomic E-state index is -3.52. The van der Waals surface area contributed by atoms with Gasteiger partial charge in [0.1, 0.15) is 5.82 Å². The van der Waals surface area contributed by atoms with Crippen molar-refractivity contribution in [2.24, 2.45) is 5.92 Å². The highest BCUT2D eigenvalue weighted by molar-refractivity contribution is 7.89. The summed E-state index contributed by atoms with van der Waals surface area (Å²) in [4.78, 5) is 19.9. The third-order valence-electron chi connectivity index (χ3n) is 6.98. The lowest BCUT2D eigenvalue weighted by Crippen LogP contribution is -2.41. The smallest absolute Gasteiger partial charge is 0.243 e. The molecule has 2 aromatic rings. The Labute approximate surface area is 189 Å². The van der Waals surface area contributed by atoms with Gasteiger partial charge in [-0.1, -0.05) is 6.07 Å². The molecule has 170 valence electrons. The maximum Gasteiger partial charge on any atom is 0.243 e. The molecule has 1 aromatic heterocycles. The number of carbonyl (C=O) groups excluding carboxylic acids is 1. The van der Waals surface area contributed by atoms with Gasteiger partial charge in [0.05, 0.1) is 16.8 Å². The summed E-state index contributed by atoms with van der Waals surface area (Å²) in [6.45, 7) is 2.80. The molecule has 1 aromatic carbocycles. The zero-order valence-electron chi connectivity index (χ0n) is 18.3. The van der Waals surface area contributed by atoms with Gasteiger partial charge in [-0.3, -0.25) is 4.79 Å². The number of rotatable bonds is 5. The Morgan fingerprint density at radius 1 is 0.938 bits per heavy atom. The molecular weight excluding hydrogens is 424 g/mol. The van der Waals surface area contributed by atoms with Crippen molar-refractivity contribution in [3.63, 3.8) is 0 Å². The van der Waals surface area contributed by atoms with Gasteiger partial charge < -0.3 is 10.2 Å². The Hall–Kier alpha value is -2.45. The summed E-state index contributed by atoms with van der Waals surface area (Å²) in [5.41, 5.74) is 3.11. The minimum Gasteiger partial charge on any atom is -0.357 e. The van der Waals surface area contributed by atoms with Crippen LogP contribution in [-0.4, -0.2) is 49.8 Å². The summed E-state index contributed by atoms with van der Waals surface area (Å²) < 4.78 is 27.7. The van der Waals surface area contributed by atoms with E-state index in [9.17, 15) is 13.2 Å². The van der Waals surface area contributed by atoms with Crippen molar-refractivity contribution in [3.8, 4) is 0 Å². The molecule has 7 nitrogen and oxygen atoms in total. The van der Waals surface area contributed by atoms with Crippen LogP contribution in [-0.2, 0) is 27.7 Å². The lowest BCUT2D eigenvalue weighted by molar-refractivity contribution is -0.120. The summed E-state index contributed by atoms with van der Waals surface area (Å²) >= 11 is 0. The number of benzene rings is 1. The van der Waals surface area contributed by atoms with Crippen molar-refractivity contribution in [2.45, 2.75) is 49.8 Å². The van der Waals surface area contributed by atoms with Gasteiger partial charge in [-0.05, 0) is 80.3 Å². The lowest BCUT2D eigenvalue weighted by atomic mass is 9.97. The molecule has 3 heterocycles. The Morgan fingerprint density at radius 3 is 2.41 bits per heavy atom. The van der Waals surface area contributed by atoms with Crippen LogP contribution in [0.4, 0.5) is 11.5 Å². The van der Waals surface area contributed by atoms with E-state index in [0.29, 0.717) is 36.5 Å². The maximum absolute atomic E-state index is 13.1. The molecule has 1 amide bonds. The van der Waals surface area contributed by atoms with E-state index in [1.807, 2.05) is 24.3 Å². The van der Waals surface area contributed by atoms with Crippen LogP contribution in [0.2, 0.25) is 0 Å². The van der Waals surface area contributed by atoms with Crippen molar-refractivity contribution in [3.05, 3.63) is 47.7 Å².